The van der Waals surface area contributed by atoms with Crippen LogP contribution < -0.4 is 5.32 Å². The molecule has 0 aliphatic rings. The molecule has 0 atom stereocenters. The van der Waals surface area contributed by atoms with Crippen LogP contribution in [0.5, 0.6) is 0 Å². The topological polar surface area (TPSA) is 29.1 Å². The van der Waals surface area contributed by atoms with Gasteiger partial charge < -0.3 is 5.32 Å². The second-order valence-corrected chi connectivity index (χ2v) is 4.22. The van der Waals surface area contributed by atoms with Crippen LogP contribution in [0.1, 0.15) is 16.8 Å². The molecule has 1 aromatic rings. The number of halogens is 2. The fourth-order valence-corrected chi connectivity index (χ4v) is 1.90. The molecule has 15 heavy (non-hydrogen) atoms. The molecule has 1 amide bonds. The quantitative estimate of drug-likeness (QED) is 0.672. The maximum Gasteiger partial charge on any atom is 0.251 e. The van der Waals surface area contributed by atoms with Crippen molar-refractivity contribution in [3.8, 4) is 12.3 Å². The van der Waals surface area contributed by atoms with E-state index in [4.69, 9.17) is 18.0 Å². The van der Waals surface area contributed by atoms with Crippen LogP contribution in [0.3, 0.4) is 0 Å². The van der Waals surface area contributed by atoms with Crippen molar-refractivity contribution in [1.29, 1.82) is 0 Å². The zero-order chi connectivity index (χ0) is 11.3. The summed E-state index contributed by atoms with van der Waals surface area (Å²) in [5, 5.41) is 3.21. The molecule has 0 bridgehead atoms. The van der Waals surface area contributed by atoms with Crippen molar-refractivity contribution in [1.82, 2.24) is 5.32 Å². The van der Waals surface area contributed by atoms with Crippen molar-refractivity contribution < 1.29 is 4.79 Å². The second-order valence-electron chi connectivity index (χ2n) is 2.87. The lowest BCUT2D eigenvalue weighted by Crippen LogP contribution is -2.24. The van der Waals surface area contributed by atoms with Gasteiger partial charge in [0.2, 0.25) is 0 Å². The minimum atomic E-state index is -0.173. The minimum Gasteiger partial charge on any atom is -0.351 e. The molecule has 0 spiro atoms. The summed E-state index contributed by atoms with van der Waals surface area (Å²) in [6.07, 6.45) is 5.59. The van der Waals surface area contributed by atoms with Crippen LogP contribution in [0.4, 0.5) is 0 Å². The molecule has 1 aromatic carbocycles. The first kappa shape index (κ1) is 12.1. The Bertz CT molecular complexity index is 391. The van der Waals surface area contributed by atoms with Crippen LogP contribution in [-0.2, 0) is 0 Å². The van der Waals surface area contributed by atoms with Crippen molar-refractivity contribution >= 4 is 33.4 Å². The predicted molar refractivity (Wildman–Crippen MR) is 64.9 cm³/mol. The summed E-state index contributed by atoms with van der Waals surface area (Å²) in [6.45, 7) is 0.472. The van der Waals surface area contributed by atoms with Gasteiger partial charge in [0.1, 0.15) is 0 Å². The van der Waals surface area contributed by atoms with Gasteiger partial charge in [-0.15, -0.1) is 12.3 Å². The van der Waals surface area contributed by atoms with Crippen molar-refractivity contribution in [2.75, 3.05) is 6.54 Å². The van der Waals surface area contributed by atoms with Gasteiger partial charge in [0.05, 0.1) is 0 Å². The SMILES string of the molecule is C#CCCNC(=O)c1cc(Cl)cc(Br)c1. The molecule has 0 aromatic heterocycles. The van der Waals surface area contributed by atoms with Gasteiger partial charge in [0.25, 0.3) is 5.91 Å². The van der Waals surface area contributed by atoms with Crippen molar-refractivity contribution in [2.45, 2.75) is 6.42 Å². The van der Waals surface area contributed by atoms with Crippen molar-refractivity contribution in [2.24, 2.45) is 0 Å². The highest BCUT2D eigenvalue weighted by Gasteiger charge is 2.06. The number of hydrogen-bond donors (Lipinski definition) is 1. The largest absolute Gasteiger partial charge is 0.351 e. The fourth-order valence-electron chi connectivity index (χ4n) is 1.04. The number of amides is 1. The van der Waals surface area contributed by atoms with E-state index in [1.165, 1.54) is 0 Å². The standard InChI is InChI=1S/C11H9BrClNO/c1-2-3-4-14-11(15)8-5-9(12)7-10(13)6-8/h1,5-7H,3-4H2,(H,14,15). The van der Waals surface area contributed by atoms with Gasteiger partial charge in [-0.2, -0.15) is 0 Å². The lowest BCUT2D eigenvalue weighted by atomic mass is 10.2. The molecular weight excluding hydrogens is 277 g/mol. The maximum atomic E-state index is 11.6. The van der Waals surface area contributed by atoms with Gasteiger partial charge in [0.15, 0.2) is 0 Å². The molecule has 0 heterocycles. The molecule has 4 heteroatoms. The van der Waals surface area contributed by atoms with Gasteiger partial charge >= 0.3 is 0 Å². The summed E-state index contributed by atoms with van der Waals surface area (Å²) in [7, 11) is 0. The molecule has 0 unspecified atom stereocenters. The van der Waals surface area contributed by atoms with Gasteiger partial charge in [-0.05, 0) is 18.2 Å². The van der Waals surface area contributed by atoms with Crippen LogP contribution in [0, 0.1) is 12.3 Å². The monoisotopic (exact) mass is 285 g/mol. The Morgan fingerprint density at radius 1 is 1.53 bits per heavy atom. The lowest BCUT2D eigenvalue weighted by molar-refractivity contribution is 0.0954. The molecule has 78 valence electrons. The first-order chi connectivity index (χ1) is 7.13. The molecule has 0 saturated heterocycles. The van der Waals surface area contributed by atoms with Crippen LogP contribution in [0.2, 0.25) is 5.02 Å². The minimum absolute atomic E-state index is 0.173. The molecule has 0 radical (unpaired) electrons. The molecular formula is C11H9BrClNO. The average molecular weight is 287 g/mol. The fraction of sp³-hybridized carbons (Fsp3) is 0.182. The smallest absolute Gasteiger partial charge is 0.251 e. The number of benzene rings is 1. The number of rotatable bonds is 3. The van der Waals surface area contributed by atoms with E-state index in [1.807, 2.05) is 0 Å². The van der Waals surface area contributed by atoms with E-state index in [-0.39, 0.29) is 5.91 Å². The Morgan fingerprint density at radius 2 is 2.27 bits per heavy atom. The predicted octanol–water partition coefficient (Wildman–Crippen LogP) is 2.86. The third-order valence-corrected chi connectivity index (χ3v) is 2.36. The Kier molecular flexibility index (Phi) is 4.67. The second kappa shape index (κ2) is 5.79. The molecule has 0 saturated carbocycles. The highest BCUT2D eigenvalue weighted by molar-refractivity contribution is 9.10. The zero-order valence-electron chi connectivity index (χ0n) is 7.89. The van der Waals surface area contributed by atoms with Crippen LogP contribution >= 0.6 is 27.5 Å². The Labute approximate surface area is 102 Å². The summed E-state index contributed by atoms with van der Waals surface area (Å²) >= 11 is 9.08. The third kappa shape index (κ3) is 3.94. The number of hydrogen-bond acceptors (Lipinski definition) is 1. The molecule has 0 aliphatic carbocycles. The van der Waals surface area contributed by atoms with E-state index in [2.05, 4.69) is 27.2 Å². The summed E-state index contributed by atoms with van der Waals surface area (Å²) in [6, 6.07) is 5.04. The van der Waals surface area contributed by atoms with Gasteiger partial charge in [-0.3, -0.25) is 4.79 Å². The van der Waals surface area contributed by atoms with Gasteiger partial charge in [-0.1, -0.05) is 27.5 Å². The molecule has 2 nitrogen and oxygen atoms in total. The first-order valence-corrected chi connectivity index (χ1v) is 5.48. The number of carbonyl (C=O) groups excluding carboxylic acids is 1. The number of nitrogens with one attached hydrogen (secondary N) is 1. The highest BCUT2D eigenvalue weighted by atomic mass is 79.9. The van der Waals surface area contributed by atoms with Crippen LogP contribution in [0.25, 0.3) is 0 Å². The van der Waals surface area contributed by atoms with E-state index >= 15 is 0 Å². The van der Waals surface area contributed by atoms with E-state index in [1.54, 1.807) is 18.2 Å². The molecule has 1 rings (SSSR count). The van der Waals surface area contributed by atoms with E-state index < -0.39 is 0 Å². The first-order valence-electron chi connectivity index (χ1n) is 4.31. The van der Waals surface area contributed by atoms with Crippen molar-refractivity contribution in [3.05, 3.63) is 33.3 Å². The molecule has 0 aliphatic heterocycles. The van der Waals surface area contributed by atoms with Crippen LogP contribution in [-0.4, -0.2) is 12.5 Å². The van der Waals surface area contributed by atoms with E-state index in [0.717, 1.165) is 4.47 Å². The Hall–Kier alpha value is -0.980. The number of terminal acetylenes is 1. The third-order valence-electron chi connectivity index (χ3n) is 1.68. The normalized spacial score (nSPS) is 9.40. The molecule has 0 fully saturated rings. The van der Waals surface area contributed by atoms with Crippen molar-refractivity contribution in [3.63, 3.8) is 0 Å². The maximum absolute atomic E-state index is 11.6. The summed E-state index contributed by atoms with van der Waals surface area (Å²) in [5.41, 5.74) is 0.520. The van der Waals surface area contributed by atoms with Gasteiger partial charge in [-0.25, -0.2) is 0 Å². The average Bonchev–Trinajstić information content (AvgIpc) is 2.16. The van der Waals surface area contributed by atoms with Crippen LogP contribution in [0.15, 0.2) is 22.7 Å². The summed E-state index contributed by atoms with van der Waals surface area (Å²) < 4.78 is 0.775. The Balaban J connectivity index is 2.70. The van der Waals surface area contributed by atoms with E-state index in [9.17, 15) is 4.79 Å². The van der Waals surface area contributed by atoms with Gasteiger partial charge in [0, 0.05) is 28.0 Å². The molecule has 1 N–H and O–H groups in total. The zero-order valence-corrected chi connectivity index (χ0v) is 10.2. The number of carbonyl (C=O) groups is 1. The lowest BCUT2D eigenvalue weighted by Gasteiger charge is -2.04. The van der Waals surface area contributed by atoms with E-state index in [0.29, 0.717) is 23.6 Å². The summed E-state index contributed by atoms with van der Waals surface area (Å²) in [4.78, 5) is 11.6. The Morgan fingerprint density at radius 3 is 2.87 bits per heavy atom. The summed E-state index contributed by atoms with van der Waals surface area (Å²) in [5.74, 6) is 2.27. The highest BCUT2D eigenvalue weighted by Crippen LogP contribution is 2.19.